The van der Waals surface area contributed by atoms with Crippen LogP contribution in [0.1, 0.15) is 115 Å². The Hall–Kier alpha value is -2.09. The van der Waals surface area contributed by atoms with E-state index in [4.69, 9.17) is 4.74 Å². The standard InChI is InChI=1S/C31H47NO/c1-5-6-7-8-9-10-11-12-13-14-15-18-25-32-26-28-21-23-29(24-22-28)33-31(3,4)30-20-17-16-19-27(30)2/h16-17,19-24,26H,5-15,18,25H2,1-4H3. The highest BCUT2D eigenvalue weighted by atomic mass is 16.5. The van der Waals surface area contributed by atoms with Crippen LogP contribution in [0.5, 0.6) is 5.75 Å². The first-order chi connectivity index (χ1) is 16.0. The number of benzene rings is 2. The van der Waals surface area contributed by atoms with Crippen LogP contribution in [0.25, 0.3) is 0 Å². The van der Waals surface area contributed by atoms with Gasteiger partial charge in [-0.3, -0.25) is 4.99 Å². The van der Waals surface area contributed by atoms with Gasteiger partial charge in [-0.05, 0) is 68.1 Å². The normalized spacial score (nSPS) is 11.9. The number of unbranched alkanes of at least 4 members (excludes halogenated alkanes) is 11. The van der Waals surface area contributed by atoms with E-state index in [1.165, 1.54) is 88.2 Å². The Balaban J connectivity index is 1.58. The molecule has 0 atom stereocenters. The Labute approximate surface area is 203 Å². The minimum absolute atomic E-state index is 0.365. The van der Waals surface area contributed by atoms with Crippen LogP contribution in [0.3, 0.4) is 0 Å². The second-order valence-electron chi connectivity index (χ2n) is 9.92. The molecule has 0 radical (unpaired) electrons. The third-order valence-electron chi connectivity index (χ3n) is 6.43. The van der Waals surface area contributed by atoms with Crippen LogP contribution in [-0.2, 0) is 5.60 Å². The zero-order valence-corrected chi connectivity index (χ0v) is 21.7. The summed E-state index contributed by atoms with van der Waals surface area (Å²) in [5.41, 5.74) is 3.24. The minimum atomic E-state index is -0.365. The van der Waals surface area contributed by atoms with E-state index in [0.717, 1.165) is 17.9 Å². The lowest BCUT2D eigenvalue weighted by Gasteiger charge is -2.28. The highest BCUT2D eigenvalue weighted by Gasteiger charge is 2.24. The molecule has 2 rings (SSSR count). The number of rotatable bonds is 17. The molecule has 0 aliphatic heterocycles. The monoisotopic (exact) mass is 449 g/mol. The molecule has 0 N–H and O–H groups in total. The van der Waals surface area contributed by atoms with Crippen molar-refractivity contribution in [2.45, 2.75) is 110 Å². The molecule has 0 spiro atoms. The molecular formula is C31H47NO. The molecule has 0 bridgehead atoms. The second-order valence-corrected chi connectivity index (χ2v) is 9.92. The van der Waals surface area contributed by atoms with E-state index in [1.54, 1.807) is 0 Å². The molecule has 0 aliphatic rings. The summed E-state index contributed by atoms with van der Waals surface area (Å²) in [6.45, 7) is 9.60. The third-order valence-corrected chi connectivity index (χ3v) is 6.43. The van der Waals surface area contributed by atoms with Crippen molar-refractivity contribution in [1.29, 1.82) is 0 Å². The molecule has 2 heteroatoms. The third kappa shape index (κ3) is 11.1. The molecule has 2 nitrogen and oxygen atoms in total. The van der Waals surface area contributed by atoms with Crippen molar-refractivity contribution in [2.24, 2.45) is 4.99 Å². The predicted molar refractivity (Wildman–Crippen MR) is 145 cm³/mol. The van der Waals surface area contributed by atoms with Crippen LogP contribution in [0.2, 0.25) is 0 Å². The first-order valence-electron chi connectivity index (χ1n) is 13.4. The zero-order valence-electron chi connectivity index (χ0n) is 21.7. The summed E-state index contributed by atoms with van der Waals surface area (Å²) in [5.74, 6) is 0.890. The summed E-state index contributed by atoms with van der Waals surface area (Å²) in [5, 5.41) is 0. The average molecular weight is 450 g/mol. The smallest absolute Gasteiger partial charge is 0.129 e. The van der Waals surface area contributed by atoms with Gasteiger partial charge in [0.2, 0.25) is 0 Å². The van der Waals surface area contributed by atoms with Crippen molar-refractivity contribution in [3.05, 3.63) is 65.2 Å². The van der Waals surface area contributed by atoms with Gasteiger partial charge in [-0.25, -0.2) is 0 Å². The molecule has 2 aromatic rings. The van der Waals surface area contributed by atoms with Gasteiger partial charge in [0.15, 0.2) is 0 Å². The molecule has 0 heterocycles. The van der Waals surface area contributed by atoms with Gasteiger partial charge in [-0.15, -0.1) is 0 Å². The van der Waals surface area contributed by atoms with Gasteiger partial charge >= 0.3 is 0 Å². The molecular weight excluding hydrogens is 402 g/mol. The largest absolute Gasteiger partial charge is 0.483 e. The second kappa shape index (κ2) is 15.7. The van der Waals surface area contributed by atoms with Crippen molar-refractivity contribution >= 4 is 6.21 Å². The number of nitrogens with zero attached hydrogens (tertiary/aromatic N) is 1. The highest BCUT2D eigenvalue weighted by molar-refractivity contribution is 5.79. The number of hydrogen-bond donors (Lipinski definition) is 0. The fourth-order valence-corrected chi connectivity index (χ4v) is 4.43. The average Bonchev–Trinajstić information content (AvgIpc) is 2.80. The number of ether oxygens (including phenoxy) is 1. The Bertz CT molecular complexity index is 791. The fourth-order valence-electron chi connectivity index (χ4n) is 4.43. The molecule has 0 saturated carbocycles. The minimum Gasteiger partial charge on any atom is -0.483 e. The van der Waals surface area contributed by atoms with E-state index in [-0.39, 0.29) is 5.60 Å². The summed E-state index contributed by atoms with van der Waals surface area (Å²) in [6, 6.07) is 16.7. The summed E-state index contributed by atoms with van der Waals surface area (Å²) < 4.78 is 6.31. The summed E-state index contributed by atoms with van der Waals surface area (Å²) in [7, 11) is 0. The van der Waals surface area contributed by atoms with Gasteiger partial charge in [0.25, 0.3) is 0 Å². The summed E-state index contributed by atoms with van der Waals surface area (Å²) in [4.78, 5) is 4.62. The Kier molecular flexibility index (Phi) is 12.9. The maximum Gasteiger partial charge on any atom is 0.129 e. The molecule has 0 unspecified atom stereocenters. The van der Waals surface area contributed by atoms with E-state index < -0.39 is 0 Å². The van der Waals surface area contributed by atoms with Crippen molar-refractivity contribution in [3.63, 3.8) is 0 Å². The first kappa shape index (κ1) is 27.2. The number of hydrogen-bond acceptors (Lipinski definition) is 2. The molecule has 182 valence electrons. The maximum absolute atomic E-state index is 6.31. The molecule has 0 amide bonds. The van der Waals surface area contributed by atoms with E-state index in [1.807, 2.05) is 18.3 Å². The van der Waals surface area contributed by atoms with E-state index in [2.05, 4.69) is 69.1 Å². The summed E-state index contributed by atoms with van der Waals surface area (Å²) in [6.07, 6.45) is 18.6. The van der Waals surface area contributed by atoms with Gasteiger partial charge in [0.05, 0.1) is 0 Å². The van der Waals surface area contributed by atoms with Gasteiger partial charge < -0.3 is 4.74 Å². The van der Waals surface area contributed by atoms with Crippen molar-refractivity contribution < 1.29 is 4.74 Å². The molecule has 0 aliphatic carbocycles. The van der Waals surface area contributed by atoms with Crippen LogP contribution in [0.4, 0.5) is 0 Å². The highest BCUT2D eigenvalue weighted by Crippen LogP contribution is 2.29. The lowest BCUT2D eigenvalue weighted by molar-refractivity contribution is 0.108. The Morgan fingerprint density at radius 1 is 0.727 bits per heavy atom. The fraction of sp³-hybridized carbons (Fsp3) is 0.581. The molecule has 2 aromatic carbocycles. The van der Waals surface area contributed by atoms with Gasteiger partial charge in [-0.1, -0.05) is 102 Å². The quantitative estimate of drug-likeness (QED) is 0.174. The van der Waals surface area contributed by atoms with Crippen molar-refractivity contribution in [2.75, 3.05) is 6.54 Å². The van der Waals surface area contributed by atoms with Crippen LogP contribution in [0.15, 0.2) is 53.5 Å². The van der Waals surface area contributed by atoms with Crippen LogP contribution < -0.4 is 4.74 Å². The number of aryl methyl sites for hydroxylation is 1. The molecule has 33 heavy (non-hydrogen) atoms. The Morgan fingerprint density at radius 2 is 1.27 bits per heavy atom. The van der Waals surface area contributed by atoms with Gasteiger partial charge in [-0.2, -0.15) is 0 Å². The van der Waals surface area contributed by atoms with Gasteiger partial charge in [0.1, 0.15) is 11.4 Å². The predicted octanol–water partition coefficient (Wildman–Crippen LogP) is 9.43. The lowest BCUT2D eigenvalue weighted by Crippen LogP contribution is -2.26. The van der Waals surface area contributed by atoms with Crippen molar-refractivity contribution in [3.8, 4) is 5.75 Å². The van der Waals surface area contributed by atoms with Gasteiger partial charge in [0, 0.05) is 12.8 Å². The van der Waals surface area contributed by atoms with Crippen molar-refractivity contribution in [1.82, 2.24) is 0 Å². The SMILES string of the molecule is CCCCCCCCCCCCCCN=Cc1ccc(OC(C)(C)c2ccccc2C)cc1. The first-order valence-corrected chi connectivity index (χ1v) is 13.4. The lowest BCUT2D eigenvalue weighted by atomic mass is 9.93. The summed E-state index contributed by atoms with van der Waals surface area (Å²) >= 11 is 0. The van der Waals surface area contributed by atoms with Crippen LogP contribution in [-0.4, -0.2) is 12.8 Å². The molecule has 0 aromatic heterocycles. The topological polar surface area (TPSA) is 21.6 Å². The van der Waals surface area contributed by atoms with E-state index >= 15 is 0 Å². The zero-order chi connectivity index (χ0) is 23.8. The van der Waals surface area contributed by atoms with Crippen LogP contribution >= 0.6 is 0 Å². The maximum atomic E-state index is 6.31. The number of aliphatic imine (C=N–C) groups is 1. The Morgan fingerprint density at radius 3 is 1.85 bits per heavy atom. The van der Waals surface area contributed by atoms with E-state index in [0.29, 0.717) is 0 Å². The molecule has 0 fully saturated rings. The van der Waals surface area contributed by atoms with E-state index in [9.17, 15) is 0 Å². The molecule has 0 saturated heterocycles. The van der Waals surface area contributed by atoms with Crippen LogP contribution in [0, 0.1) is 6.92 Å².